The average molecular weight is 469 g/mol. The number of para-hydroxylation sites is 1. The predicted molar refractivity (Wildman–Crippen MR) is 123 cm³/mol. The third kappa shape index (κ3) is 5.38. The fourth-order valence-corrected chi connectivity index (χ4v) is 4.01. The highest BCUT2D eigenvalue weighted by molar-refractivity contribution is 6.38. The van der Waals surface area contributed by atoms with E-state index in [0.29, 0.717) is 29.3 Å². The molecule has 1 atom stereocenters. The number of pyridine rings is 1. The maximum Gasteiger partial charge on any atom is 0.323 e. The molecule has 0 saturated carbocycles. The SMILES string of the molecule is CC(C)(C)N(CC(=O)O)C(=O)C(=O)[C@@H]1CCCN1C(=O)CNC(=O)c1ccnc2ccccc12. The minimum Gasteiger partial charge on any atom is -0.480 e. The molecule has 1 aliphatic heterocycles. The number of nitrogens with one attached hydrogen (secondary N) is 1. The molecule has 2 heterocycles. The molecule has 1 aliphatic rings. The minimum atomic E-state index is -1.23. The van der Waals surface area contributed by atoms with Crippen molar-refractivity contribution in [2.75, 3.05) is 19.6 Å². The Kier molecular flexibility index (Phi) is 7.29. The summed E-state index contributed by atoms with van der Waals surface area (Å²) in [4.78, 5) is 69.1. The van der Waals surface area contributed by atoms with Gasteiger partial charge >= 0.3 is 5.97 Å². The number of carbonyl (C=O) groups excluding carboxylic acids is 4. The lowest BCUT2D eigenvalue weighted by atomic mass is 10.0. The molecule has 34 heavy (non-hydrogen) atoms. The van der Waals surface area contributed by atoms with Gasteiger partial charge in [0.1, 0.15) is 12.6 Å². The number of hydrogen-bond acceptors (Lipinski definition) is 6. The van der Waals surface area contributed by atoms with E-state index in [1.54, 1.807) is 45.0 Å². The van der Waals surface area contributed by atoms with Gasteiger partial charge in [0.25, 0.3) is 11.8 Å². The van der Waals surface area contributed by atoms with Gasteiger partial charge in [-0.15, -0.1) is 0 Å². The summed E-state index contributed by atoms with van der Waals surface area (Å²) in [6, 6.07) is 7.71. The van der Waals surface area contributed by atoms with Crippen molar-refractivity contribution in [3.8, 4) is 0 Å². The van der Waals surface area contributed by atoms with Gasteiger partial charge < -0.3 is 20.2 Å². The Bertz CT molecular complexity index is 1130. The maximum atomic E-state index is 13.0. The largest absolute Gasteiger partial charge is 0.480 e. The molecule has 180 valence electrons. The van der Waals surface area contributed by atoms with Gasteiger partial charge in [-0.05, 0) is 45.7 Å². The van der Waals surface area contributed by atoms with E-state index in [-0.39, 0.29) is 13.1 Å². The fourth-order valence-electron chi connectivity index (χ4n) is 4.01. The predicted octanol–water partition coefficient (Wildman–Crippen LogP) is 1.24. The number of benzene rings is 1. The van der Waals surface area contributed by atoms with Crippen molar-refractivity contribution in [2.24, 2.45) is 0 Å². The van der Waals surface area contributed by atoms with Gasteiger partial charge in [0, 0.05) is 23.7 Å². The molecule has 0 unspecified atom stereocenters. The highest BCUT2D eigenvalue weighted by Gasteiger charge is 2.41. The number of amides is 3. The first kappa shape index (κ1) is 24.8. The number of hydrogen-bond donors (Lipinski definition) is 2. The van der Waals surface area contributed by atoms with Gasteiger partial charge in [-0.3, -0.25) is 29.0 Å². The molecular weight excluding hydrogens is 440 g/mol. The summed E-state index contributed by atoms with van der Waals surface area (Å²) in [5, 5.41) is 12.4. The van der Waals surface area contributed by atoms with Crippen molar-refractivity contribution in [3.63, 3.8) is 0 Å². The van der Waals surface area contributed by atoms with Crippen LogP contribution >= 0.6 is 0 Å². The van der Waals surface area contributed by atoms with Crippen LogP contribution in [0.15, 0.2) is 36.5 Å². The second kappa shape index (κ2) is 9.98. The fraction of sp³-hybridized carbons (Fsp3) is 0.417. The number of aliphatic carboxylic acids is 1. The number of aromatic nitrogens is 1. The molecule has 10 heteroatoms. The highest BCUT2D eigenvalue weighted by atomic mass is 16.4. The number of ketones is 1. The third-order valence-corrected chi connectivity index (χ3v) is 5.73. The number of likely N-dealkylation sites (tertiary alicyclic amines) is 1. The number of nitrogens with zero attached hydrogens (tertiary/aromatic N) is 3. The van der Waals surface area contributed by atoms with Crippen LogP contribution in [0.2, 0.25) is 0 Å². The Morgan fingerprint density at radius 3 is 2.53 bits per heavy atom. The first-order valence-electron chi connectivity index (χ1n) is 11.0. The first-order chi connectivity index (χ1) is 16.0. The summed E-state index contributed by atoms with van der Waals surface area (Å²) in [7, 11) is 0. The molecule has 2 N–H and O–H groups in total. The summed E-state index contributed by atoms with van der Waals surface area (Å²) in [6.45, 7) is 4.21. The maximum absolute atomic E-state index is 13.0. The summed E-state index contributed by atoms with van der Waals surface area (Å²) in [6.07, 6.45) is 2.33. The van der Waals surface area contributed by atoms with Gasteiger partial charge in [-0.2, -0.15) is 0 Å². The van der Waals surface area contributed by atoms with Crippen LogP contribution in [0.1, 0.15) is 44.0 Å². The lowest BCUT2D eigenvalue weighted by Gasteiger charge is -2.35. The van der Waals surface area contributed by atoms with E-state index in [1.165, 1.54) is 11.1 Å². The second-order valence-corrected chi connectivity index (χ2v) is 9.12. The Morgan fingerprint density at radius 2 is 1.85 bits per heavy atom. The van der Waals surface area contributed by atoms with E-state index < -0.39 is 47.6 Å². The van der Waals surface area contributed by atoms with Crippen molar-refractivity contribution in [1.29, 1.82) is 0 Å². The molecule has 1 saturated heterocycles. The lowest BCUT2D eigenvalue weighted by molar-refractivity contribution is -0.155. The van der Waals surface area contributed by atoms with Crippen LogP contribution in [0.5, 0.6) is 0 Å². The van der Waals surface area contributed by atoms with Crippen molar-refractivity contribution in [1.82, 2.24) is 20.1 Å². The molecule has 2 aromatic rings. The first-order valence-corrected chi connectivity index (χ1v) is 11.0. The van der Waals surface area contributed by atoms with Gasteiger partial charge in [-0.1, -0.05) is 18.2 Å². The van der Waals surface area contributed by atoms with E-state index in [4.69, 9.17) is 5.11 Å². The molecule has 1 fully saturated rings. The van der Waals surface area contributed by atoms with E-state index >= 15 is 0 Å². The Morgan fingerprint density at radius 1 is 1.15 bits per heavy atom. The van der Waals surface area contributed by atoms with Crippen LogP contribution in [-0.2, 0) is 19.2 Å². The van der Waals surface area contributed by atoms with Gasteiger partial charge in [0.15, 0.2) is 0 Å². The van der Waals surface area contributed by atoms with Crippen LogP contribution in [-0.4, -0.2) is 80.6 Å². The lowest BCUT2D eigenvalue weighted by Crippen LogP contribution is -2.55. The molecule has 1 aromatic heterocycles. The van der Waals surface area contributed by atoms with E-state index in [1.807, 2.05) is 6.07 Å². The van der Waals surface area contributed by atoms with E-state index in [0.717, 1.165) is 4.90 Å². The molecular formula is C24H28N4O6. The van der Waals surface area contributed by atoms with E-state index in [9.17, 15) is 24.0 Å². The van der Waals surface area contributed by atoms with Crippen LogP contribution in [0.3, 0.4) is 0 Å². The topological polar surface area (TPSA) is 137 Å². The number of Topliss-reactive ketones (excluding diaryl/α,β-unsaturated/α-hetero) is 1. The molecule has 0 aliphatic carbocycles. The van der Waals surface area contributed by atoms with Crippen molar-refractivity contribution in [2.45, 2.75) is 45.2 Å². The summed E-state index contributed by atoms with van der Waals surface area (Å²) >= 11 is 0. The molecule has 1 aromatic carbocycles. The number of fused-ring (bicyclic) bond motifs is 1. The van der Waals surface area contributed by atoms with Gasteiger partial charge in [0.05, 0.1) is 17.6 Å². The molecule has 0 radical (unpaired) electrons. The number of carbonyl (C=O) groups is 5. The van der Waals surface area contributed by atoms with Crippen LogP contribution < -0.4 is 5.32 Å². The summed E-state index contributed by atoms with van der Waals surface area (Å²) < 4.78 is 0. The number of rotatable bonds is 7. The number of carboxylic acid groups (broad SMARTS) is 1. The van der Waals surface area contributed by atoms with Crippen LogP contribution in [0.25, 0.3) is 10.9 Å². The van der Waals surface area contributed by atoms with Crippen LogP contribution in [0, 0.1) is 0 Å². The van der Waals surface area contributed by atoms with Gasteiger partial charge in [0.2, 0.25) is 11.7 Å². The summed E-state index contributed by atoms with van der Waals surface area (Å²) in [5.74, 6) is -3.94. The van der Waals surface area contributed by atoms with E-state index in [2.05, 4.69) is 10.3 Å². The zero-order valence-corrected chi connectivity index (χ0v) is 19.4. The zero-order chi connectivity index (χ0) is 25.0. The highest BCUT2D eigenvalue weighted by Crippen LogP contribution is 2.22. The molecule has 10 nitrogen and oxygen atoms in total. The monoisotopic (exact) mass is 468 g/mol. The Labute approximate surface area is 196 Å². The van der Waals surface area contributed by atoms with Crippen molar-refractivity contribution < 1.29 is 29.1 Å². The molecule has 0 bridgehead atoms. The quantitative estimate of drug-likeness (QED) is 0.583. The zero-order valence-electron chi connectivity index (χ0n) is 19.4. The Hall–Kier alpha value is -3.82. The Balaban J connectivity index is 1.69. The third-order valence-electron chi connectivity index (χ3n) is 5.73. The standard InChI is InChI=1S/C24H28N4O6/c1-24(2,3)28(14-20(30)31)23(34)21(32)18-9-6-12-27(18)19(29)13-26-22(33)16-10-11-25-17-8-5-4-7-15(16)17/h4-5,7-8,10-11,18H,6,9,12-14H2,1-3H3,(H,26,33)(H,30,31)/t18-/m0/s1. The molecule has 3 rings (SSSR count). The number of carboxylic acids is 1. The van der Waals surface area contributed by atoms with Crippen molar-refractivity contribution in [3.05, 3.63) is 42.1 Å². The minimum absolute atomic E-state index is 0.269. The smallest absolute Gasteiger partial charge is 0.323 e. The molecule has 3 amide bonds. The van der Waals surface area contributed by atoms with Crippen LogP contribution in [0.4, 0.5) is 0 Å². The molecule has 0 spiro atoms. The average Bonchev–Trinajstić information content (AvgIpc) is 3.28. The summed E-state index contributed by atoms with van der Waals surface area (Å²) in [5.41, 5.74) is 0.131. The normalized spacial score (nSPS) is 15.7. The second-order valence-electron chi connectivity index (χ2n) is 9.12. The van der Waals surface area contributed by atoms with Gasteiger partial charge in [-0.25, -0.2) is 0 Å². The van der Waals surface area contributed by atoms with Crippen molar-refractivity contribution >= 4 is 40.4 Å².